The van der Waals surface area contributed by atoms with Crippen molar-refractivity contribution < 1.29 is 9.47 Å². The first-order valence-corrected chi connectivity index (χ1v) is 8.63. The third kappa shape index (κ3) is 3.92. The van der Waals surface area contributed by atoms with Crippen molar-refractivity contribution in [2.24, 2.45) is 5.41 Å². The second kappa shape index (κ2) is 7.50. The summed E-state index contributed by atoms with van der Waals surface area (Å²) in [5.41, 5.74) is 1.76. The van der Waals surface area contributed by atoms with Gasteiger partial charge in [0.1, 0.15) is 0 Å². The van der Waals surface area contributed by atoms with Gasteiger partial charge in [0.25, 0.3) is 0 Å². The first kappa shape index (κ1) is 16.6. The molecule has 21 heavy (non-hydrogen) atoms. The van der Waals surface area contributed by atoms with Crippen LogP contribution in [0.3, 0.4) is 0 Å². The average Bonchev–Trinajstić information content (AvgIpc) is 2.44. The fraction of sp³-hybridized carbons (Fsp3) is 0.647. The van der Waals surface area contributed by atoms with Gasteiger partial charge >= 0.3 is 0 Å². The van der Waals surface area contributed by atoms with E-state index in [4.69, 9.17) is 9.47 Å². The number of methoxy groups -OCH3 is 1. The lowest BCUT2D eigenvalue weighted by molar-refractivity contribution is 0.124. The van der Waals surface area contributed by atoms with E-state index in [9.17, 15) is 0 Å². The van der Waals surface area contributed by atoms with Gasteiger partial charge in [-0.15, -0.1) is 0 Å². The maximum atomic E-state index is 5.62. The van der Waals surface area contributed by atoms with Crippen molar-refractivity contribution in [3.05, 3.63) is 22.2 Å². The van der Waals surface area contributed by atoms with Crippen LogP contribution in [0.2, 0.25) is 0 Å². The Morgan fingerprint density at radius 3 is 2.57 bits per heavy atom. The third-order valence-electron chi connectivity index (χ3n) is 4.57. The molecule has 2 rings (SSSR count). The molecule has 1 saturated carbocycles. The standard InChI is InChI=1S/C17H26BrNO2/c1-4-17(7-6-8-17)12-19-11-13-9-14(18)16(21-5-2)15(10-13)20-3/h9-10,19H,4-8,11-12H2,1-3H3. The summed E-state index contributed by atoms with van der Waals surface area (Å²) in [6.07, 6.45) is 5.40. The number of hydrogen-bond acceptors (Lipinski definition) is 3. The van der Waals surface area contributed by atoms with E-state index in [-0.39, 0.29) is 0 Å². The SMILES string of the molecule is CCOc1c(Br)cc(CNCC2(CC)CCC2)cc1OC. The Labute approximate surface area is 136 Å². The number of halogens is 1. The van der Waals surface area contributed by atoms with Crippen molar-refractivity contribution in [1.82, 2.24) is 5.32 Å². The van der Waals surface area contributed by atoms with E-state index < -0.39 is 0 Å². The first-order chi connectivity index (χ1) is 10.1. The monoisotopic (exact) mass is 355 g/mol. The van der Waals surface area contributed by atoms with Gasteiger partial charge in [-0.25, -0.2) is 0 Å². The van der Waals surface area contributed by atoms with Gasteiger partial charge in [-0.05, 0) is 65.2 Å². The Kier molecular flexibility index (Phi) is 5.94. The zero-order valence-corrected chi connectivity index (χ0v) is 14.9. The fourth-order valence-electron chi connectivity index (χ4n) is 2.96. The van der Waals surface area contributed by atoms with Crippen LogP contribution in [0.4, 0.5) is 0 Å². The molecule has 0 heterocycles. The Bertz CT molecular complexity index is 467. The van der Waals surface area contributed by atoms with Crippen LogP contribution < -0.4 is 14.8 Å². The lowest BCUT2D eigenvalue weighted by Gasteiger charge is -2.41. The van der Waals surface area contributed by atoms with E-state index in [1.807, 2.05) is 6.92 Å². The largest absolute Gasteiger partial charge is 0.493 e. The summed E-state index contributed by atoms with van der Waals surface area (Å²) in [5, 5.41) is 3.61. The molecule has 0 saturated heterocycles. The summed E-state index contributed by atoms with van der Waals surface area (Å²) in [5.74, 6) is 1.57. The molecule has 0 aromatic heterocycles. The van der Waals surface area contributed by atoms with E-state index in [0.29, 0.717) is 12.0 Å². The van der Waals surface area contributed by atoms with Crippen LogP contribution in [0.1, 0.15) is 45.1 Å². The van der Waals surface area contributed by atoms with Crippen LogP contribution in [0.15, 0.2) is 16.6 Å². The first-order valence-electron chi connectivity index (χ1n) is 7.84. The van der Waals surface area contributed by atoms with E-state index in [1.165, 1.54) is 31.2 Å². The smallest absolute Gasteiger partial charge is 0.175 e. The molecule has 4 heteroatoms. The highest BCUT2D eigenvalue weighted by molar-refractivity contribution is 9.10. The topological polar surface area (TPSA) is 30.5 Å². The molecule has 0 bridgehead atoms. The van der Waals surface area contributed by atoms with Gasteiger partial charge < -0.3 is 14.8 Å². The summed E-state index contributed by atoms with van der Waals surface area (Å²) >= 11 is 3.58. The van der Waals surface area contributed by atoms with Gasteiger partial charge in [0.05, 0.1) is 18.2 Å². The van der Waals surface area contributed by atoms with E-state index in [2.05, 4.69) is 40.3 Å². The third-order valence-corrected chi connectivity index (χ3v) is 5.16. The zero-order chi connectivity index (χ0) is 15.3. The molecule has 118 valence electrons. The number of benzene rings is 1. The molecule has 0 amide bonds. The molecule has 0 atom stereocenters. The van der Waals surface area contributed by atoms with E-state index >= 15 is 0 Å². The fourth-order valence-corrected chi connectivity index (χ4v) is 3.57. The van der Waals surface area contributed by atoms with Crippen molar-refractivity contribution >= 4 is 15.9 Å². The normalized spacial score (nSPS) is 16.4. The second-order valence-electron chi connectivity index (χ2n) is 5.85. The minimum absolute atomic E-state index is 0.548. The Morgan fingerprint density at radius 2 is 2.05 bits per heavy atom. The predicted molar refractivity (Wildman–Crippen MR) is 90.1 cm³/mol. The van der Waals surface area contributed by atoms with Crippen LogP contribution in [0.5, 0.6) is 11.5 Å². The van der Waals surface area contributed by atoms with Crippen molar-refractivity contribution in [2.45, 2.75) is 46.1 Å². The lowest BCUT2D eigenvalue weighted by Crippen LogP contribution is -2.39. The molecule has 3 nitrogen and oxygen atoms in total. The van der Waals surface area contributed by atoms with Crippen LogP contribution in [0.25, 0.3) is 0 Å². The quantitative estimate of drug-likeness (QED) is 0.743. The van der Waals surface area contributed by atoms with E-state index in [0.717, 1.165) is 29.1 Å². The summed E-state index contributed by atoms with van der Waals surface area (Å²) < 4.78 is 12.0. The molecule has 1 aromatic carbocycles. The van der Waals surface area contributed by atoms with Crippen molar-refractivity contribution in [3.63, 3.8) is 0 Å². The van der Waals surface area contributed by atoms with Gasteiger partial charge in [-0.3, -0.25) is 0 Å². The maximum absolute atomic E-state index is 5.62. The van der Waals surface area contributed by atoms with Gasteiger partial charge in [-0.1, -0.05) is 13.3 Å². The molecule has 1 aliphatic carbocycles. The van der Waals surface area contributed by atoms with Crippen molar-refractivity contribution in [2.75, 3.05) is 20.3 Å². The summed E-state index contributed by atoms with van der Waals surface area (Å²) in [7, 11) is 1.68. The highest BCUT2D eigenvalue weighted by Crippen LogP contribution is 2.43. The van der Waals surface area contributed by atoms with Gasteiger partial charge in [0, 0.05) is 13.1 Å². The Balaban J connectivity index is 1.98. The lowest BCUT2D eigenvalue weighted by atomic mass is 9.67. The highest BCUT2D eigenvalue weighted by Gasteiger charge is 2.34. The molecule has 1 fully saturated rings. The number of hydrogen-bond donors (Lipinski definition) is 1. The van der Waals surface area contributed by atoms with Crippen molar-refractivity contribution in [3.8, 4) is 11.5 Å². The van der Waals surface area contributed by atoms with Gasteiger partial charge in [-0.2, -0.15) is 0 Å². The van der Waals surface area contributed by atoms with Gasteiger partial charge in [0.2, 0.25) is 0 Å². The number of rotatable bonds is 8. The zero-order valence-electron chi connectivity index (χ0n) is 13.3. The molecular weight excluding hydrogens is 330 g/mol. The maximum Gasteiger partial charge on any atom is 0.175 e. The number of nitrogens with one attached hydrogen (secondary N) is 1. The molecule has 0 unspecified atom stereocenters. The van der Waals surface area contributed by atoms with Crippen LogP contribution in [0, 0.1) is 5.41 Å². The molecule has 0 aliphatic heterocycles. The molecular formula is C17H26BrNO2. The summed E-state index contributed by atoms with van der Waals surface area (Å²) in [4.78, 5) is 0. The van der Waals surface area contributed by atoms with Crippen LogP contribution in [-0.2, 0) is 6.54 Å². The highest BCUT2D eigenvalue weighted by atomic mass is 79.9. The van der Waals surface area contributed by atoms with Crippen LogP contribution in [-0.4, -0.2) is 20.3 Å². The molecule has 0 radical (unpaired) electrons. The van der Waals surface area contributed by atoms with Gasteiger partial charge in [0.15, 0.2) is 11.5 Å². The molecule has 1 N–H and O–H groups in total. The van der Waals surface area contributed by atoms with Crippen molar-refractivity contribution in [1.29, 1.82) is 0 Å². The molecule has 1 aromatic rings. The summed E-state index contributed by atoms with van der Waals surface area (Å²) in [6, 6.07) is 4.17. The van der Waals surface area contributed by atoms with E-state index in [1.54, 1.807) is 7.11 Å². The number of ether oxygens (including phenoxy) is 2. The molecule has 0 spiro atoms. The minimum atomic E-state index is 0.548. The molecule has 1 aliphatic rings. The predicted octanol–water partition coefficient (Wildman–Crippen LogP) is 4.53. The second-order valence-corrected chi connectivity index (χ2v) is 6.71. The van der Waals surface area contributed by atoms with Crippen LogP contribution >= 0.6 is 15.9 Å². The Morgan fingerprint density at radius 1 is 1.29 bits per heavy atom. The summed E-state index contributed by atoms with van der Waals surface area (Å²) in [6.45, 7) is 6.88. The average molecular weight is 356 g/mol. The Hall–Kier alpha value is -0.740. The minimum Gasteiger partial charge on any atom is -0.493 e.